The van der Waals surface area contributed by atoms with Crippen LogP contribution in [-0.4, -0.2) is 82.2 Å². The predicted molar refractivity (Wildman–Crippen MR) is 185 cm³/mol. The summed E-state index contributed by atoms with van der Waals surface area (Å²) in [5.74, 6) is 0.775. The summed E-state index contributed by atoms with van der Waals surface area (Å²) in [6.07, 6.45) is 8.59. The molecule has 3 aliphatic rings. The molecule has 0 unspecified atom stereocenters. The highest BCUT2D eigenvalue weighted by Gasteiger charge is 2.55. The summed E-state index contributed by atoms with van der Waals surface area (Å²) in [4.78, 5) is 44.0. The highest BCUT2D eigenvalue weighted by atomic mass is 35.5. The van der Waals surface area contributed by atoms with Crippen molar-refractivity contribution in [2.24, 2.45) is 5.92 Å². The average molecular weight is 693 g/mol. The fraction of sp³-hybridized carbons (Fsp3) is 0.459. The minimum Gasteiger partial charge on any atom is -0.457 e. The lowest BCUT2D eigenvalue weighted by Crippen LogP contribution is -2.75. The molecule has 0 bridgehead atoms. The first kappa shape index (κ1) is 36.1. The molecule has 3 amide bonds. The minimum absolute atomic E-state index is 0. The molecule has 3 heterocycles. The van der Waals surface area contributed by atoms with E-state index in [2.05, 4.69) is 15.5 Å². The van der Waals surface area contributed by atoms with Crippen LogP contribution in [0.4, 0.5) is 0 Å². The molecule has 49 heavy (non-hydrogen) atoms. The Kier molecular flexibility index (Phi) is 11.8. The molecular weight excluding hydrogens is 646 g/mol. The van der Waals surface area contributed by atoms with E-state index in [1.165, 1.54) is 6.20 Å². The van der Waals surface area contributed by atoms with Gasteiger partial charge in [-0.25, -0.2) is 0 Å². The molecular formula is C37H47ClN5O6+. The first-order valence-corrected chi connectivity index (χ1v) is 17.1. The molecule has 1 saturated carbocycles. The minimum atomic E-state index is -0.995. The molecule has 4 N–H and O–H groups in total. The molecule has 2 saturated heterocycles. The van der Waals surface area contributed by atoms with Gasteiger partial charge in [-0.05, 0) is 86.1 Å². The van der Waals surface area contributed by atoms with Crippen molar-refractivity contribution in [2.45, 2.75) is 75.6 Å². The smallest absolute Gasteiger partial charge is 0.251 e. The number of halogens is 1. The largest absolute Gasteiger partial charge is 0.457 e. The second kappa shape index (κ2) is 16.0. The van der Waals surface area contributed by atoms with E-state index in [0.717, 1.165) is 48.0 Å². The Morgan fingerprint density at radius 2 is 1.65 bits per heavy atom. The molecule has 2 atom stereocenters. The van der Waals surface area contributed by atoms with E-state index >= 15 is 0 Å². The van der Waals surface area contributed by atoms with Gasteiger partial charge in [0.05, 0.1) is 6.10 Å². The van der Waals surface area contributed by atoms with Gasteiger partial charge in [0, 0.05) is 55.2 Å². The third-order valence-electron chi connectivity index (χ3n) is 10.3. The molecule has 1 aromatic heterocycles. The Balaban J connectivity index is 0.00000468. The standard InChI is InChI=1S/C37H45N5O6.ClH/c1-38-34(44)29-11-15-31(16-12-29)48-30-13-9-27(10-14-30)24-40-22-18-37(19-23-40)36(46)39-32(33(43)28-7-3-2-4-8-28)35(45)42(37)21-17-26-6-5-20-41(47)25-26;/h5-6,9-16,20,25,28,32-33,43H,2-4,7-8,17-19,21-24H2,1H3,(H2-,38,39,44,46,47);1H/p+1/t32-,33-;/m1./s1. The van der Waals surface area contributed by atoms with Crippen LogP contribution in [-0.2, 0) is 22.6 Å². The number of nitrogens with zero attached hydrogens (tertiary/aromatic N) is 3. The van der Waals surface area contributed by atoms with Crippen LogP contribution in [0.3, 0.4) is 0 Å². The monoisotopic (exact) mass is 692 g/mol. The van der Waals surface area contributed by atoms with E-state index in [1.54, 1.807) is 48.5 Å². The maximum Gasteiger partial charge on any atom is 0.251 e. The number of carbonyl (C=O) groups excluding carboxylic acids is 3. The van der Waals surface area contributed by atoms with Crippen molar-refractivity contribution in [2.75, 3.05) is 26.7 Å². The van der Waals surface area contributed by atoms with E-state index in [1.807, 2.05) is 30.3 Å². The number of ether oxygens (including phenoxy) is 1. The van der Waals surface area contributed by atoms with Crippen molar-refractivity contribution in [3.8, 4) is 11.5 Å². The quantitative estimate of drug-likeness (QED) is 0.188. The number of aliphatic hydroxyl groups excluding tert-OH is 1. The van der Waals surface area contributed by atoms with Crippen molar-refractivity contribution in [1.29, 1.82) is 0 Å². The van der Waals surface area contributed by atoms with E-state index in [9.17, 15) is 24.7 Å². The summed E-state index contributed by atoms with van der Waals surface area (Å²) in [6.45, 7) is 2.27. The summed E-state index contributed by atoms with van der Waals surface area (Å²) in [6, 6.07) is 17.5. The number of piperazine rings is 1. The first-order chi connectivity index (χ1) is 23.3. The van der Waals surface area contributed by atoms with Gasteiger partial charge in [-0.15, -0.1) is 12.4 Å². The number of aliphatic hydroxyl groups is 1. The molecule has 1 aliphatic carbocycles. The first-order valence-electron chi connectivity index (χ1n) is 17.1. The highest BCUT2D eigenvalue weighted by Crippen LogP contribution is 2.36. The number of likely N-dealkylation sites (tertiary alicyclic amines) is 1. The van der Waals surface area contributed by atoms with Gasteiger partial charge in [0.2, 0.25) is 24.2 Å². The molecule has 11 nitrogen and oxygen atoms in total. The van der Waals surface area contributed by atoms with E-state index in [0.29, 0.717) is 62.5 Å². The second-order valence-electron chi connectivity index (χ2n) is 13.3. The summed E-state index contributed by atoms with van der Waals surface area (Å²) >= 11 is 0. The van der Waals surface area contributed by atoms with Crippen LogP contribution in [0, 0.1) is 5.92 Å². The third kappa shape index (κ3) is 8.17. The molecule has 262 valence electrons. The van der Waals surface area contributed by atoms with Gasteiger partial charge in [0.1, 0.15) is 23.1 Å². The molecule has 12 heteroatoms. The lowest BCUT2D eigenvalue weighted by Gasteiger charge is -2.52. The SMILES string of the molecule is CNC(=O)c1ccc(Oc2ccc(CN3CCC4(CC3)C(=O)N[C@H]([C@H](O)C3CCCCC3)C(=O)N4CCc3ccc[n+](O)c3)cc2)cc1.Cl. The number of rotatable bonds is 10. The molecule has 0 radical (unpaired) electrons. The zero-order chi connectivity index (χ0) is 33.7. The Bertz CT molecular complexity index is 1590. The maximum atomic E-state index is 14.2. The molecule has 1 spiro atoms. The Morgan fingerprint density at radius 3 is 2.29 bits per heavy atom. The van der Waals surface area contributed by atoms with E-state index in [-0.39, 0.29) is 36.0 Å². The number of benzene rings is 2. The van der Waals surface area contributed by atoms with Crippen molar-refractivity contribution in [1.82, 2.24) is 20.4 Å². The van der Waals surface area contributed by atoms with E-state index < -0.39 is 17.7 Å². The Morgan fingerprint density at radius 1 is 1.00 bits per heavy atom. The van der Waals surface area contributed by atoms with Crippen LogP contribution in [0.5, 0.6) is 11.5 Å². The number of aromatic nitrogens is 1. The topological polar surface area (TPSA) is 135 Å². The van der Waals surface area contributed by atoms with Crippen molar-refractivity contribution in [3.05, 3.63) is 89.7 Å². The van der Waals surface area contributed by atoms with Gasteiger partial charge in [0.25, 0.3) is 5.91 Å². The number of hydrogen-bond donors (Lipinski definition) is 4. The fourth-order valence-electron chi connectivity index (χ4n) is 7.50. The maximum absolute atomic E-state index is 14.2. The molecule has 3 fully saturated rings. The number of pyridine rings is 1. The lowest BCUT2D eigenvalue weighted by atomic mass is 9.77. The summed E-state index contributed by atoms with van der Waals surface area (Å²) in [5, 5.41) is 26.8. The predicted octanol–water partition coefficient (Wildman–Crippen LogP) is 3.63. The van der Waals surface area contributed by atoms with Crippen LogP contribution in [0.15, 0.2) is 73.1 Å². The normalized spacial score (nSPS) is 20.3. The van der Waals surface area contributed by atoms with Gasteiger partial charge in [0.15, 0.2) is 0 Å². The van der Waals surface area contributed by atoms with Crippen molar-refractivity contribution >= 4 is 30.1 Å². The number of piperidine rings is 1. The molecule has 2 aromatic carbocycles. The molecule has 3 aromatic rings. The van der Waals surface area contributed by atoms with Crippen molar-refractivity contribution < 1.29 is 34.2 Å². The lowest BCUT2D eigenvalue weighted by molar-refractivity contribution is -0.905. The van der Waals surface area contributed by atoms with Crippen molar-refractivity contribution in [3.63, 3.8) is 0 Å². The Hall–Kier alpha value is -4.19. The number of carbonyl (C=O) groups is 3. The van der Waals surface area contributed by atoms with Crippen LogP contribution in [0.25, 0.3) is 0 Å². The van der Waals surface area contributed by atoms with Gasteiger partial charge >= 0.3 is 0 Å². The zero-order valence-corrected chi connectivity index (χ0v) is 28.7. The van der Waals surface area contributed by atoms with Gasteiger partial charge in [-0.3, -0.25) is 24.5 Å². The Labute approximate surface area is 293 Å². The molecule has 6 rings (SSSR count). The third-order valence-corrected chi connectivity index (χ3v) is 10.3. The van der Waals surface area contributed by atoms with Gasteiger partial charge < -0.3 is 25.4 Å². The summed E-state index contributed by atoms with van der Waals surface area (Å²) in [5.41, 5.74) is 1.52. The number of nitrogens with one attached hydrogen (secondary N) is 2. The average Bonchev–Trinajstić information content (AvgIpc) is 3.11. The van der Waals surface area contributed by atoms with Crippen LogP contribution >= 0.6 is 12.4 Å². The molecule has 2 aliphatic heterocycles. The fourth-order valence-corrected chi connectivity index (χ4v) is 7.50. The van der Waals surface area contributed by atoms with Gasteiger partial charge in [-0.2, -0.15) is 0 Å². The second-order valence-corrected chi connectivity index (χ2v) is 13.3. The van der Waals surface area contributed by atoms with E-state index in [4.69, 9.17) is 4.74 Å². The number of hydrogen-bond acceptors (Lipinski definition) is 7. The van der Waals surface area contributed by atoms with Crippen LogP contribution < -0.4 is 20.1 Å². The summed E-state index contributed by atoms with van der Waals surface area (Å²) < 4.78 is 6.96. The zero-order valence-electron chi connectivity index (χ0n) is 27.9. The number of amides is 3. The van der Waals surface area contributed by atoms with Crippen LogP contribution in [0.1, 0.15) is 66.4 Å². The highest BCUT2D eigenvalue weighted by molar-refractivity contribution is 6.00. The van der Waals surface area contributed by atoms with Crippen LogP contribution in [0.2, 0.25) is 0 Å². The van der Waals surface area contributed by atoms with Gasteiger partial charge in [-0.1, -0.05) is 31.4 Å². The summed E-state index contributed by atoms with van der Waals surface area (Å²) in [7, 11) is 1.60.